The molecular weight excluding hydrogens is 297 g/mol. The van der Waals surface area contributed by atoms with Crippen molar-refractivity contribution in [3.63, 3.8) is 0 Å². The van der Waals surface area contributed by atoms with Crippen LogP contribution < -0.4 is 5.32 Å². The molecule has 0 atom stereocenters. The van der Waals surface area contributed by atoms with Crippen LogP contribution in [0, 0.1) is 13.8 Å². The Balaban J connectivity index is 2.04. The van der Waals surface area contributed by atoms with Crippen LogP contribution in [0.25, 0.3) is 0 Å². The number of anilines is 1. The van der Waals surface area contributed by atoms with Gasteiger partial charge in [-0.25, -0.2) is 0 Å². The van der Waals surface area contributed by atoms with Gasteiger partial charge in [-0.15, -0.1) is 10.2 Å². The number of rotatable bonds is 3. The van der Waals surface area contributed by atoms with E-state index in [9.17, 15) is 18.0 Å². The molecule has 0 saturated heterocycles. The molecule has 0 unspecified atom stereocenters. The SMILES string of the molecule is Cc1noc(C)c1CC(=O)Nc1nnc(C(F)(F)F)s1. The zero-order chi connectivity index (χ0) is 14.9. The zero-order valence-electron chi connectivity index (χ0n) is 10.4. The quantitative estimate of drug-likeness (QED) is 0.941. The maximum Gasteiger partial charge on any atom is 0.445 e. The van der Waals surface area contributed by atoms with E-state index in [1.54, 1.807) is 13.8 Å². The Labute approximate surface area is 115 Å². The third-order valence-electron chi connectivity index (χ3n) is 2.43. The lowest BCUT2D eigenvalue weighted by Gasteiger charge is -2.00. The average molecular weight is 306 g/mol. The molecule has 0 aliphatic heterocycles. The van der Waals surface area contributed by atoms with Gasteiger partial charge < -0.3 is 9.84 Å². The van der Waals surface area contributed by atoms with Crippen LogP contribution in [-0.4, -0.2) is 21.3 Å². The van der Waals surface area contributed by atoms with Crippen LogP contribution in [0.4, 0.5) is 18.3 Å². The van der Waals surface area contributed by atoms with Crippen molar-refractivity contribution in [1.82, 2.24) is 15.4 Å². The Morgan fingerprint density at radius 1 is 1.35 bits per heavy atom. The molecule has 2 aromatic rings. The van der Waals surface area contributed by atoms with Crippen LogP contribution >= 0.6 is 11.3 Å². The fourth-order valence-corrected chi connectivity index (χ4v) is 2.09. The third kappa shape index (κ3) is 3.13. The molecule has 2 rings (SSSR count). The molecule has 20 heavy (non-hydrogen) atoms. The van der Waals surface area contributed by atoms with Crippen molar-refractivity contribution in [2.75, 3.05) is 5.32 Å². The highest BCUT2D eigenvalue weighted by atomic mass is 32.1. The normalized spacial score (nSPS) is 11.7. The molecule has 2 aromatic heterocycles. The van der Waals surface area contributed by atoms with Crippen LogP contribution in [0.15, 0.2) is 4.52 Å². The Kier molecular flexibility index (Phi) is 3.75. The first-order valence-electron chi connectivity index (χ1n) is 5.39. The maximum absolute atomic E-state index is 12.3. The number of nitrogens with one attached hydrogen (secondary N) is 1. The minimum Gasteiger partial charge on any atom is -0.361 e. The summed E-state index contributed by atoms with van der Waals surface area (Å²) in [6.07, 6.45) is -4.62. The van der Waals surface area contributed by atoms with E-state index in [0.29, 0.717) is 17.0 Å². The molecule has 0 aromatic carbocycles. The van der Waals surface area contributed by atoms with Gasteiger partial charge in [-0.1, -0.05) is 16.5 Å². The fourth-order valence-electron chi connectivity index (χ4n) is 1.47. The van der Waals surface area contributed by atoms with Crippen molar-refractivity contribution in [2.45, 2.75) is 26.4 Å². The molecular formula is C10H9F3N4O2S. The monoisotopic (exact) mass is 306 g/mol. The van der Waals surface area contributed by atoms with Crippen LogP contribution in [0.1, 0.15) is 22.0 Å². The standard InChI is InChI=1S/C10H9F3N4O2S/c1-4-6(5(2)19-17-4)3-7(18)14-9-16-15-8(20-9)10(11,12)13/h3H2,1-2H3,(H,14,16,18). The van der Waals surface area contributed by atoms with Crippen molar-refractivity contribution in [1.29, 1.82) is 0 Å². The van der Waals surface area contributed by atoms with Crippen LogP contribution in [0.5, 0.6) is 0 Å². The van der Waals surface area contributed by atoms with Gasteiger partial charge in [0.05, 0.1) is 12.1 Å². The number of aryl methyl sites for hydroxylation is 2. The van der Waals surface area contributed by atoms with E-state index in [1.165, 1.54) is 0 Å². The second kappa shape index (κ2) is 5.19. The number of amides is 1. The number of hydrogen-bond donors (Lipinski definition) is 1. The van der Waals surface area contributed by atoms with Gasteiger partial charge in [-0.2, -0.15) is 13.2 Å². The first-order valence-corrected chi connectivity index (χ1v) is 6.21. The van der Waals surface area contributed by atoms with E-state index < -0.39 is 17.1 Å². The molecule has 6 nitrogen and oxygen atoms in total. The van der Waals surface area contributed by atoms with Gasteiger partial charge in [-0.05, 0) is 13.8 Å². The molecule has 0 saturated carbocycles. The number of alkyl halides is 3. The number of hydrogen-bond acceptors (Lipinski definition) is 6. The van der Waals surface area contributed by atoms with E-state index in [0.717, 1.165) is 0 Å². The number of carbonyl (C=O) groups excluding carboxylic acids is 1. The summed E-state index contributed by atoms with van der Waals surface area (Å²) in [7, 11) is 0. The summed E-state index contributed by atoms with van der Waals surface area (Å²) in [4.78, 5) is 11.7. The molecule has 0 fully saturated rings. The fraction of sp³-hybridized carbons (Fsp3) is 0.400. The molecule has 0 radical (unpaired) electrons. The average Bonchev–Trinajstić information content (AvgIpc) is 2.90. The summed E-state index contributed by atoms with van der Waals surface area (Å²) in [5, 5.41) is 10.9. The third-order valence-corrected chi connectivity index (χ3v) is 3.32. The minimum atomic E-state index is -4.57. The van der Waals surface area contributed by atoms with Gasteiger partial charge in [0.2, 0.25) is 16.0 Å². The highest BCUT2D eigenvalue weighted by molar-refractivity contribution is 7.15. The molecule has 0 aliphatic carbocycles. The molecule has 10 heteroatoms. The van der Waals surface area contributed by atoms with E-state index in [2.05, 4.69) is 20.7 Å². The summed E-state index contributed by atoms with van der Waals surface area (Å²) in [5.74, 6) is -0.0184. The van der Waals surface area contributed by atoms with Crippen LogP contribution in [0.3, 0.4) is 0 Å². The highest BCUT2D eigenvalue weighted by Crippen LogP contribution is 2.33. The molecule has 1 amide bonds. The minimum absolute atomic E-state index is 0.0535. The summed E-state index contributed by atoms with van der Waals surface area (Å²) in [6, 6.07) is 0. The lowest BCUT2D eigenvalue weighted by atomic mass is 10.1. The number of halogens is 3. The van der Waals surface area contributed by atoms with Gasteiger partial charge in [0.15, 0.2) is 0 Å². The van der Waals surface area contributed by atoms with E-state index in [-0.39, 0.29) is 22.9 Å². The Hall–Kier alpha value is -1.97. The smallest absolute Gasteiger partial charge is 0.361 e. The molecule has 2 heterocycles. The Bertz CT molecular complexity index is 615. The first kappa shape index (κ1) is 14.4. The van der Waals surface area contributed by atoms with Gasteiger partial charge in [0.25, 0.3) is 0 Å². The summed E-state index contributed by atoms with van der Waals surface area (Å²) in [6.45, 7) is 3.32. The lowest BCUT2D eigenvalue weighted by molar-refractivity contribution is -0.138. The number of nitrogens with zero attached hydrogens (tertiary/aromatic N) is 3. The van der Waals surface area contributed by atoms with Crippen molar-refractivity contribution in [3.05, 3.63) is 22.0 Å². The van der Waals surface area contributed by atoms with Crippen LogP contribution in [0.2, 0.25) is 0 Å². The van der Waals surface area contributed by atoms with Crippen molar-refractivity contribution in [2.24, 2.45) is 0 Å². The summed E-state index contributed by atoms with van der Waals surface area (Å²) in [5.41, 5.74) is 1.16. The summed E-state index contributed by atoms with van der Waals surface area (Å²) >= 11 is 0.271. The van der Waals surface area contributed by atoms with Crippen LogP contribution in [-0.2, 0) is 17.4 Å². The molecule has 108 valence electrons. The second-order valence-electron chi connectivity index (χ2n) is 3.94. The van der Waals surface area contributed by atoms with E-state index >= 15 is 0 Å². The van der Waals surface area contributed by atoms with Gasteiger partial charge in [0.1, 0.15) is 5.76 Å². The highest BCUT2D eigenvalue weighted by Gasteiger charge is 2.35. The molecule has 0 spiro atoms. The Morgan fingerprint density at radius 2 is 2.05 bits per heavy atom. The molecule has 1 N–H and O–H groups in total. The number of carbonyl (C=O) groups is 1. The maximum atomic E-state index is 12.3. The molecule has 0 aliphatic rings. The van der Waals surface area contributed by atoms with Crippen molar-refractivity contribution in [3.8, 4) is 0 Å². The number of aromatic nitrogens is 3. The van der Waals surface area contributed by atoms with Gasteiger partial charge in [0, 0.05) is 5.56 Å². The first-order chi connectivity index (χ1) is 9.27. The lowest BCUT2D eigenvalue weighted by Crippen LogP contribution is -2.15. The Morgan fingerprint density at radius 3 is 2.55 bits per heavy atom. The summed E-state index contributed by atoms with van der Waals surface area (Å²) < 4.78 is 41.9. The molecule has 0 bridgehead atoms. The van der Waals surface area contributed by atoms with Crippen molar-refractivity contribution >= 4 is 22.4 Å². The second-order valence-corrected chi connectivity index (χ2v) is 4.92. The van der Waals surface area contributed by atoms with Gasteiger partial charge in [-0.3, -0.25) is 4.79 Å². The largest absolute Gasteiger partial charge is 0.445 e. The zero-order valence-corrected chi connectivity index (χ0v) is 11.2. The van der Waals surface area contributed by atoms with E-state index in [4.69, 9.17) is 4.52 Å². The van der Waals surface area contributed by atoms with Gasteiger partial charge >= 0.3 is 6.18 Å². The predicted molar refractivity (Wildman–Crippen MR) is 63.2 cm³/mol. The van der Waals surface area contributed by atoms with Crippen molar-refractivity contribution < 1.29 is 22.5 Å². The van der Waals surface area contributed by atoms with E-state index in [1.807, 2.05) is 0 Å². The topological polar surface area (TPSA) is 80.9 Å². The predicted octanol–water partition coefficient (Wildman–Crippen LogP) is 2.34.